The van der Waals surface area contributed by atoms with Crippen molar-refractivity contribution >= 4 is 5.97 Å². The Morgan fingerprint density at radius 1 is 1.55 bits per heavy atom. The van der Waals surface area contributed by atoms with E-state index in [0.717, 1.165) is 18.4 Å². The zero-order chi connectivity index (χ0) is 16.5. The Morgan fingerprint density at radius 2 is 2.23 bits per heavy atom. The predicted octanol–water partition coefficient (Wildman–Crippen LogP) is 1.37. The molecule has 0 saturated carbocycles. The highest BCUT2D eigenvalue weighted by Crippen LogP contribution is 2.36. The second-order valence-corrected chi connectivity index (χ2v) is 6.73. The van der Waals surface area contributed by atoms with E-state index in [1.165, 1.54) is 7.11 Å². The largest absolute Gasteiger partial charge is 0.632 e. The number of carbonyl (C=O) groups excluding carboxylic acids is 1. The Morgan fingerprint density at radius 3 is 2.82 bits per heavy atom. The van der Waals surface area contributed by atoms with Crippen molar-refractivity contribution in [2.24, 2.45) is 5.92 Å². The molecular weight excluding hydrogens is 286 g/mol. The number of aliphatic hydroxyl groups is 1. The molecule has 1 fully saturated rings. The molecule has 6 nitrogen and oxygen atoms in total. The molecule has 2 rings (SSSR count). The van der Waals surface area contributed by atoms with E-state index in [1.807, 2.05) is 6.08 Å². The molecule has 4 atom stereocenters. The summed E-state index contributed by atoms with van der Waals surface area (Å²) in [6.07, 6.45) is 2.97. The van der Waals surface area contributed by atoms with Gasteiger partial charge in [0.2, 0.25) is 0 Å². The van der Waals surface area contributed by atoms with E-state index in [9.17, 15) is 15.1 Å². The van der Waals surface area contributed by atoms with E-state index in [0.29, 0.717) is 13.1 Å². The molecule has 6 heteroatoms. The van der Waals surface area contributed by atoms with E-state index < -0.39 is 17.7 Å². The smallest absolute Gasteiger partial charge is 0.341 e. The van der Waals surface area contributed by atoms with Crippen LogP contribution >= 0.6 is 0 Å². The molecule has 0 amide bonds. The maximum absolute atomic E-state index is 12.5. The van der Waals surface area contributed by atoms with Crippen molar-refractivity contribution in [3.63, 3.8) is 0 Å². The van der Waals surface area contributed by atoms with E-state index in [-0.39, 0.29) is 23.2 Å². The summed E-state index contributed by atoms with van der Waals surface area (Å²) in [4.78, 5) is 12.4. The average Bonchev–Trinajstić information content (AvgIpc) is 2.99. The minimum Gasteiger partial charge on any atom is -0.632 e. The fraction of sp³-hybridized carbons (Fsp3) is 0.812. The molecule has 0 aromatic heterocycles. The van der Waals surface area contributed by atoms with E-state index in [1.54, 1.807) is 20.8 Å². The summed E-state index contributed by atoms with van der Waals surface area (Å²) >= 11 is 0. The molecule has 0 aromatic rings. The van der Waals surface area contributed by atoms with E-state index in [4.69, 9.17) is 9.47 Å². The van der Waals surface area contributed by atoms with Crippen molar-refractivity contribution in [1.29, 1.82) is 0 Å². The number of esters is 1. The summed E-state index contributed by atoms with van der Waals surface area (Å²) in [5.74, 6) is -1.03. The van der Waals surface area contributed by atoms with Gasteiger partial charge in [0.15, 0.2) is 5.60 Å². The fourth-order valence-corrected chi connectivity index (χ4v) is 3.53. The first-order chi connectivity index (χ1) is 10.3. The summed E-state index contributed by atoms with van der Waals surface area (Å²) in [6.45, 7) is 6.32. The molecule has 0 spiro atoms. The number of nitrogens with zero attached hydrogens (tertiary/aromatic N) is 1. The van der Waals surface area contributed by atoms with Crippen LogP contribution in [-0.2, 0) is 14.3 Å². The first-order valence-corrected chi connectivity index (χ1v) is 7.94. The number of hydrogen-bond donors (Lipinski definition) is 1. The number of methoxy groups -OCH3 is 1. The van der Waals surface area contributed by atoms with Gasteiger partial charge in [0, 0.05) is 25.5 Å². The highest BCUT2D eigenvalue weighted by Gasteiger charge is 2.47. The number of ether oxygens (including phenoxy) is 2. The lowest BCUT2D eigenvalue weighted by molar-refractivity contribution is -0.875. The molecule has 2 heterocycles. The van der Waals surface area contributed by atoms with Crippen molar-refractivity contribution in [3.8, 4) is 0 Å². The first kappa shape index (κ1) is 17.4. The zero-order valence-electron chi connectivity index (χ0n) is 13.9. The van der Waals surface area contributed by atoms with Gasteiger partial charge >= 0.3 is 5.97 Å². The lowest BCUT2D eigenvalue weighted by Crippen LogP contribution is -2.54. The molecule has 4 unspecified atom stereocenters. The van der Waals surface area contributed by atoms with Crippen LogP contribution in [0.1, 0.15) is 33.6 Å². The maximum Gasteiger partial charge on any atom is 0.341 e. The molecule has 1 saturated heterocycles. The summed E-state index contributed by atoms with van der Waals surface area (Å²) in [6, 6.07) is -0.0835. The van der Waals surface area contributed by atoms with Crippen molar-refractivity contribution < 1.29 is 24.0 Å². The standard InChI is InChI=1S/C16H27NO5/c1-11(2)16(19,12(3)21-4)15(18)22-10-13-7-9-17(20)8-5-6-14(13)17/h7,11-12,14,19H,5-6,8-10H2,1-4H3. The Balaban J connectivity index is 2.00. The zero-order valence-corrected chi connectivity index (χ0v) is 13.9. The molecular formula is C16H27NO5. The Hall–Kier alpha value is -0.950. The van der Waals surface area contributed by atoms with Crippen LogP contribution in [0.5, 0.6) is 0 Å². The SMILES string of the molecule is COC(C)C(O)(C(=O)OCC1=CC[N+]2([O-])CCCC12)C(C)C. The van der Waals surface area contributed by atoms with Crippen molar-refractivity contribution in [3.05, 3.63) is 16.9 Å². The molecule has 0 aliphatic carbocycles. The second-order valence-electron chi connectivity index (χ2n) is 6.73. The summed E-state index contributed by atoms with van der Waals surface area (Å²) < 4.78 is 10.3. The quantitative estimate of drug-likeness (QED) is 0.347. The van der Waals surface area contributed by atoms with Gasteiger partial charge in [0.25, 0.3) is 0 Å². The molecule has 0 radical (unpaired) electrons. The molecule has 126 valence electrons. The normalized spacial score (nSPS) is 31.6. The minimum absolute atomic E-state index is 0.0806. The van der Waals surface area contributed by atoms with Crippen LogP contribution in [0.3, 0.4) is 0 Å². The number of hydroxylamine groups is 3. The monoisotopic (exact) mass is 313 g/mol. The van der Waals surface area contributed by atoms with Crippen molar-refractivity contribution in [2.45, 2.75) is 51.4 Å². The topological polar surface area (TPSA) is 78.8 Å². The van der Waals surface area contributed by atoms with Crippen LogP contribution in [-0.4, -0.2) is 60.3 Å². The number of rotatable bonds is 6. The van der Waals surface area contributed by atoms with Gasteiger partial charge in [0.05, 0.1) is 19.2 Å². The van der Waals surface area contributed by atoms with E-state index >= 15 is 0 Å². The highest BCUT2D eigenvalue weighted by molar-refractivity contribution is 5.80. The van der Waals surface area contributed by atoms with Gasteiger partial charge in [-0.15, -0.1) is 0 Å². The van der Waals surface area contributed by atoms with E-state index in [2.05, 4.69) is 0 Å². The van der Waals surface area contributed by atoms with Gasteiger partial charge in [-0.1, -0.05) is 13.8 Å². The highest BCUT2D eigenvalue weighted by atomic mass is 16.6. The third kappa shape index (κ3) is 2.80. The summed E-state index contributed by atoms with van der Waals surface area (Å²) in [5, 5.41) is 23.1. The van der Waals surface area contributed by atoms with Crippen LogP contribution in [0, 0.1) is 11.1 Å². The maximum atomic E-state index is 12.5. The molecule has 2 aliphatic heterocycles. The third-order valence-corrected chi connectivity index (χ3v) is 5.22. The van der Waals surface area contributed by atoms with Crippen LogP contribution < -0.4 is 0 Å². The van der Waals surface area contributed by atoms with Crippen LogP contribution in [0.15, 0.2) is 11.6 Å². The van der Waals surface area contributed by atoms with Gasteiger partial charge in [0.1, 0.15) is 12.6 Å². The summed E-state index contributed by atoms with van der Waals surface area (Å²) in [5.41, 5.74) is -0.801. The number of hydrogen-bond acceptors (Lipinski definition) is 5. The summed E-state index contributed by atoms with van der Waals surface area (Å²) in [7, 11) is 1.45. The average molecular weight is 313 g/mol. The molecule has 0 aromatic carbocycles. The lowest BCUT2D eigenvalue weighted by atomic mass is 9.85. The van der Waals surface area contributed by atoms with Gasteiger partial charge in [-0.2, -0.15) is 0 Å². The van der Waals surface area contributed by atoms with Crippen molar-refractivity contribution in [2.75, 3.05) is 26.8 Å². The van der Waals surface area contributed by atoms with Crippen LogP contribution in [0.25, 0.3) is 0 Å². The predicted molar refractivity (Wildman–Crippen MR) is 81.7 cm³/mol. The number of fused-ring (bicyclic) bond motifs is 1. The molecule has 0 bridgehead atoms. The molecule has 2 aliphatic rings. The van der Waals surface area contributed by atoms with Crippen LogP contribution in [0.4, 0.5) is 0 Å². The van der Waals surface area contributed by atoms with Gasteiger partial charge in [-0.25, -0.2) is 4.79 Å². The Kier molecular flexibility index (Phi) is 4.96. The first-order valence-electron chi connectivity index (χ1n) is 7.94. The van der Waals surface area contributed by atoms with Crippen LogP contribution in [0.2, 0.25) is 0 Å². The number of carbonyl (C=O) groups is 1. The minimum atomic E-state index is -1.69. The Labute approximate surface area is 131 Å². The van der Waals surface area contributed by atoms with Gasteiger partial charge < -0.3 is 24.4 Å². The lowest BCUT2D eigenvalue weighted by Gasteiger charge is -2.40. The molecule has 22 heavy (non-hydrogen) atoms. The Bertz CT molecular complexity index is 463. The third-order valence-electron chi connectivity index (χ3n) is 5.22. The van der Waals surface area contributed by atoms with Crippen molar-refractivity contribution in [1.82, 2.24) is 0 Å². The second kappa shape index (κ2) is 6.28. The fourth-order valence-electron chi connectivity index (χ4n) is 3.53. The number of quaternary nitrogens is 1. The molecule has 1 N–H and O–H groups in total. The van der Waals surface area contributed by atoms with Gasteiger partial charge in [-0.05, 0) is 18.9 Å². The van der Waals surface area contributed by atoms with Gasteiger partial charge in [-0.3, -0.25) is 0 Å².